The predicted molar refractivity (Wildman–Crippen MR) is 93.4 cm³/mol. The van der Waals surface area contributed by atoms with Crippen LogP contribution in [0.25, 0.3) is 0 Å². The van der Waals surface area contributed by atoms with Crippen molar-refractivity contribution in [1.29, 1.82) is 0 Å². The van der Waals surface area contributed by atoms with Crippen LogP contribution in [0.2, 0.25) is 5.02 Å². The molecule has 0 bridgehead atoms. The molecule has 0 radical (unpaired) electrons. The minimum Gasteiger partial charge on any atom is -0.399 e. The van der Waals surface area contributed by atoms with Gasteiger partial charge in [-0.15, -0.1) is 0 Å². The van der Waals surface area contributed by atoms with Crippen LogP contribution >= 0.6 is 11.6 Å². The van der Waals surface area contributed by atoms with Crippen molar-refractivity contribution >= 4 is 23.2 Å². The van der Waals surface area contributed by atoms with E-state index in [1.54, 1.807) is 4.90 Å². The van der Waals surface area contributed by atoms with Crippen molar-refractivity contribution in [2.24, 2.45) is 0 Å². The molecular weight excluding hydrogens is 329 g/mol. The van der Waals surface area contributed by atoms with Crippen molar-refractivity contribution in [2.75, 3.05) is 31.9 Å². The molecule has 1 aliphatic heterocycles. The molecule has 1 fully saturated rings. The second-order valence-corrected chi connectivity index (χ2v) is 6.37. The van der Waals surface area contributed by atoms with Crippen molar-refractivity contribution in [3.63, 3.8) is 0 Å². The number of benzene rings is 2. The molecule has 0 aromatic heterocycles. The molecule has 4 nitrogen and oxygen atoms in total. The van der Waals surface area contributed by atoms with Crippen LogP contribution < -0.4 is 5.73 Å². The van der Waals surface area contributed by atoms with Crippen LogP contribution in [0.1, 0.15) is 15.9 Å². The summed E-state index contributed by atoms with van der Waals surface area (Å²) in [6, 6.07) is 11.9. The molecule has 3 rings (SSSR count). The van der Waals surface area contributed by atoms with Crippen LogP contribution in [0.3, 0.4) is 0 Å². The van der Waals surface area contributed by atoms with Gasteiger partial charge in [-0.25, -0.2) is 4.39 Å². The molecule has 2 aromatic rings. The Balaban J connectivity index is 1.59. The van der Waals surface area contributed by atoms with E-state index in [1.807, 2.05) is 24.3 Å². The van der Waals surface area contributed by atoms with Gasteiger partial charge in [-0.05, 0) is 35.9 Å². The normalized spacial score (nSPS) is 15.5. The van der Waals surface area contributed by atoms with Gasteiger partial charge in [0.1, 0.15) is 5.82 Å². The highest BCUT2D eigenvalue weighted by atomic mass is 35.5. The number of piperazine rings is 1. The zero-order chi connectivity index (χ0) is 17.1. The number of nitrogens with two attached hydrogens (primary N) is 1. The van der Waals surface area contributed by atoms with Crippen molar-refractivity contribution in [2.45, 2.75) is 6.54 Å². The summed E-state index contributed by atoms with van der Waals surface area (Å²) in [4.78, 5) is 16.4. The number of nitrogens with zero attached hydrogens (tertiary/aromatic N) is 2. The lowest BCUT2D eigenvalue weighted by Crippen LogP contribution is -2.48. The topological polar surface area (TPSA) is 49.6 Å². The molecule has 0 saturated carbocycles. The Hall–Kier alpha value is -2.11. The third kappa shape index (κ3) is 3.86. The number of hydrogen-bond acceptors (Lipinski definition) is 3. The number of carbonyl (C=O) groups excluding carboxylic acids is 1. The molecule has 24 heavy (non-hydrogen) atoms. The molecule has 0 unspecified atom stereocenters. The highest BCUT2D eigenvalue weighted by Crippen LogP contribution is 2.18. The molecule has 126 valence electrons. The lowest BCUT2D eigenvalue weighted by atomic mass is 10.1. The molecular formula is C18H19ClFN3O. The van der Waals surface area contributed by atoms with Gasteiger partial charge < -0.3 is 10.6 Å². The highest BCUT2D eigenvalue weighted by Gasteiger charge is 2.24. The van der Waals surface area contributed by atoms with E-state index in [2.05, 4.69) is 4.90 Å². The van der Waals surface area contributed by atoms with E-state index in [0.29, 0.717) is 13.1 Å². The number of carbonyl (C=O) groups is 1. The standard InChI is InChI=1S/C18H19ClFN3O/c19-14-4-5-16(17(20)11-14)18(24)23-8-6-22(7-9-23)12-13-2-1-3-15(21)10-13/h1-5,10-11H,6-9,12,21H2. The maximum absolute atomic E-state index is 13.9. The van der Waals surface area contributed by atoms with Crippen LogP contribution in [0, 0.1) is 5.82 Å². The van der Waals surface area contributed by atoms with Crippen molar-refractivity contribution in [1.82, 2.24) is 9.80 Å². The quantitative estimate of drug-likeness (QED) is 0.868. The first-order valence-electron chi connectivity index (χ1n) is 7.84. The van der Waals surface area contributed by atoms with Gasteiger partial charge in [-0.1, -0.05) is 23.7 Å². The number of nitrogen functional groups attached to an aromatic ring is 1. The molecule has 1 heterocycles. The Morgan fingerprint density at radius 1 is 1.12 bits per heavy atom. The van der Waals surface area contributed by atoms with Gasteiger partial charge in [0.25, 0.3) is 5.91 Å². The largest absolute Gasteiger partial charge is 0.399 e. The van der Waals surface area contributed by atoms with Gasteiger partial charge in [0.15, 0.2) is 0 Å². The van der Waals surface area contributed by atoms with Gasteiger partial charge >= 0.3 is 0 Å². The van der Waals surface area contributed by atoms with E-state index in [1.165, 1.54) is 18.2 Å². The summed E-state index contributed by atoms with van der Waals surface area (Å²) in [5.41, 5.74) is 7.77. The van der Waals surface area contributed by atoms with Gasteiger partial charge in [0.2, 0.25) is 0 Å². The van der Waals surface area contributed by atoms with E-state index in [0.717, 1.165) is 30.9 Å². The second-order valence-electron chi connectivity index (χ2n) is 5.94. The highest BCUT2D eigenvalue weighted by molar-refractivity contribution is 6.30. The number of halogens is 2. The maximum Gasteiger partial charge on any atom is 0.256 e. The number of amides is 1. The van der Waals surface area contributed by atoms with Gasteiger partial charge in [-0.3, -0.25) is 9.69 Å². The Labute approximate surface area is 145 Å². The Bertz CT molecular complexity index is 745. The molecule has 0 aliphatic carbocycles. The minimum atomic E-state index is -0.574. The van der Waals surface area contributed by atoms with Gasteiger partial charge in [-0.2, -0.15) is 0 Å². The summed E-state index contributed by atoms with van der Waals surface area (Å²) in [6.45, 7) is 3.43. The van der Waals surface area contributed by atoms with Crippen molar-refractivity contribution in [3.8, 4) is 0 Å². The van der Waals surface area contributed by atoms with E-state index in [4.69, 9.17) is 17.3 Å². The smallest absolute Gasteiger partial charge is 0.256 e. The monoisotopic (exact) mass is 347 g/mol. The molecule has 1 amide bonds. The van der Waals surface area contributed by atoms with Gasteiger partial charge in [0, 0.05) is 43.4 Å². The van der Waals surface area contributed by atoms with E-state index < -0.39 is 5.82 Å². The zero-order valence-corrected chi connectivity index (χ0v) is 14.0. The molecule has 0 spiro atoms. The number of hydrogen-bond donors (Lipinski definition) is 1. The van der Waals surface area contributed by atoms with E-state index in [-0.39, 0.29) is 16.5 Å². The number of rotatable bonds is 3. The van der Waals surface area contributed by atoms with E-state index >= 15 is 0 Å². The van der Waals surface area contributed by atoms with E-state index in [9.17, 15) is 9.18 Å². The minimum absolute atomic E-state index is 0.0729. The molecule has 6 heteroatoms. The van der Waals surface area contributed by atoms with Crippen molar-refractivity contribution < 1.29 is 9.18 Å². The van der Waals surface area contributed by atoms with Crippen molar-refractivity contribution in [3.05, 3.63) is 64.4 Å². The fourth-order valence-corrected chi connectivity index (χ4v) is 3.05. The molecule has 1 aliphatic rings. The predicted octanol–water partition coefficient (Wildman–Crippen LogP) is 3.02. The molecule has 0 atom stereocenters. The molecule has 2 aromatic carbocycles. The van der Waals surface area contributed by atoms with Crippen LogP contribution in [-0.2, 0) is 6.54 Å². The Morgan fingerprint density at radius 2 is 1.88 bits per heavy atom. The lowest BCUT2D eigenvalue weighted by molar-refractivity contribution is 0.0624. The SMILES string of the molecule is Nc1cccc(CN2CCN(C(=O)c3ccc(Cl)cc3F)CC2)c1. The first kappa shape index (κ1) is 16.7. The fraction of sp³-hybridized carbons (Fsp3) is 0.278. The second kappa shape index (κ2) is 7.20. The summed E-state index contributed by atoms with van der Waals surface area (Å²) in [5, 5.41) is 0.288. The zero-order valence-electron chi connectivity index (χ0n) is 13.2. The summed E-state index contributed by atoms with van der Waals surface area (Å²) in [6.07, 6.45) is 0. The summed E-state index contributed by atoms with van der Waals surface area (Å²) >= 11 is 5.73. The van der Waals surface area contributed by atoms with Crippen LogP contribution in [-0.4, -0.2) is 41.9 Å². The lowest BCUT2D eigenvalue weighted by Gasteiger charge is -2.34. The Morgan fingerprint density at radius 3 is 2.54 bits per heavy atom. The first-order valence-corrected chi connectivity index (χ1v) is 8.22. The summed E-state index contributed by atoms with van der Waals surface area (Å²) in [7, 11) is 0. The maximum atomic E-state index is 13.9. The average molecular weight is 348 g/mol. The first-order chi connectivity index (χ1) is 11.5. The molecule has 2 N–H and O–H groups in total. The van der Waals surface area contributed by atoms with Gasteiger partial charge in [0.05, 0.1) is 5.56 Å². The third-order valence-corrected chi connectivity index (χ3v) is 4.41. The number of anilines is 1. The average Bonchev–Trinajstić information content (AvgIpc) is 2.55. The van der Waals surface area contributed by atoms with Crippen LogP contribution in [0.15, 0.2) is 42.5 Å². The molecule has 1 saturated heterocycles. The third-order valence-electron chi connectivity index (χ3n) is 4.18. The fourth-order valence-electron chi connectivity index (χ4n) is 2.89. The Kier molecular flexibility index (Phi) is 5.02. The van der Waals surface area contributed by atoms with Crippen LogP contribution in [0.4, 0.5) is 10.1 Å². The summed E-state index contributed by atoms with van der Waals surface area (Å²) < 4.78 is 13.9. The van der Waals surface area contributed by atoms with Crippen LogP contribution in [0.5, 0.6) is 0 Å². The summed E-state index contributed by atoms with van der Waals surface area (Å²) in [5.74, 6) is -0.859.